The first-order chi connectivity index (χ1) is 9.79. The Hall–Kier alpha value is -2.44. The van der Waals surface area contributed by atoms with Crippen LogP contribution in [0.3, 0.4) is 0 Å². The molecule has 2 rings (SSSR count). The van der Waals surface area contributed by atoms with Crippen molar-refractivity contribution in [2.75, 3.05) is 6.61 Å². The van der Waals surface area contributed by atoms with Crippen LogP contribution in [0.4, 0.5) is 0 Å². The van der Waals surface area contributed by atoms with Gasteiger partial charge in [-0.1, -0.05) is 47.6 Å². The van der Waals surface area contributed by atoms with E-state index in [9.17, 15) is 4.79 Å². The van der Waals surface area contributed by atoms with Gasteiger partial charge in [-0.05, 0) is 5.56 Å². The number of ether oxygens (including phenoxy) is 1. The van der Waals surface area contributed by atoms with Crippen LogP contribution in [0.1, 0.15) is 21.8 Å². The molecular weight excluding hydrogens is 258 g/mol. The summed E-state index contributed by atoms with van der Waals surface area (Å²) < 4.78 is 10.3. The predicted octanol–water partition coefficient (Wildman–Crippen LogP) is 1.51. The molecule has 1 heterocycles. The molecule has 0 aliphatic heterocycles. The summed E-state index contributed by atoms with van der Waals surface area (Å²) in [7, 11) is 0. The number of benzene rings is 1. The van der Waals surface area contributed by atoms with E-state index in [2.05, 4.69) is 5.16 Å². The summed E-state index contributed by atoms with van der Waals surface area (Å²) >= 11 is 0. The molecule has 0 aliphatic rings. The third-order valence-corrected chi connectivity index (χ3v) is 2.49. The zero-order valence-electron chi connectivity index (χ0n) is 10.8. The highest BCUT2D eigenvalue weighted by Crippen LogP contribution is 2.05. The van der Waals surface area contributed by atoms with E-state index in [-0.39, 0.29) is 12.3 Å². The molecule has 0 radical (unpaired) electrons. The summed E-state index contributed by atoms with van der Waals surface area (Å²) in [4.78, 5) is 11.1. The number of aromatic nitrogens is 1. The van der Waals surface area contributed by atoms with Crippen molar-refractivity contribution in [2.24, 2.45) is 5.84 Å². The van der Waals surface area contributed by atoms with Crippen LogP contribution in [-0.2, 0) is 11.3 Å². The van der Waals surface area contributed by atoms with Crippen molar-refractivity contribution < 1.29 is 14.1 Å². The predicted molar refractivity (Wildman–Crippen MR) is 73.3 cm³/mol. The van der Waals surface area contributed by atoms with E-state index in [1.54, 1.807) is 0 Å². The van der Waals surface area contributed by atoms with Gasteiger partial charge in [0.05, 0.1) is 6.61 Å². The Kier molecular flexibility index (Phi) is 5.05. The quantitative estimate of drug-likeness (QED) is 0.360. The Morgan fingerprint density at radius 1 is 1.40 bits per heavy atom. The number of hydrogen-bond acceptors (Lipinski definition) is 5. The molecule has 20 heavy (non-hydrogen) atoms. The molecule has 0 aliphatic carbocycles. The number of carbonyl (C=O) groups is 1. The number of nitrogens with zero attached hydrogens (tertiary/aromatic N) is 1. The van der Waals surface area contributed by atoms with Crippen molar-refractivity contribution in [2.45, 2.75) is 6.61 Å². The van der Waals surface area contributed by atoms with E-state index < -0.39 is 5.91 Å². The first-order valence-electron chi connectivity index (χ1n) is 6.05. The minimum absolute atomic E-state index is 0.130. The van der Waals surface area contributed by atoms with Crippen LogP contribution in [0.5, 0.6) is 0 Å². The first-order valence-corrected chi connectivity index (χ1v) is 6.05. The summed E-state index contributed by atoms with van der Waals surface area (Å²) in [6, 6.07) is 11.4. The van der Waals surface area contributed by atoms with Gasteiger partial charge in [0, 0.05) is 6.07 Å². The lowest BCUT2D eigenvalue weighted by Crippen LogP contribution is -2.30. The fraction of sp³-hybridized carbons (Fsp3) is 0.143. The van der Waals surface area contributed by atoms with Crippen molar-refractivity contribution in [3.8, 4) is 0 Å². The van der Waals surface area contributed by atoms with Crippen LogP contribution >= 0.6 is 0 Å². The highest BCUT2D eigenvalue weighted by molar-refractivity contribution is 5.91. The van der Waals surface area contributed by atoms with Gasteiger partial charge >= 0.3 is 0 Å². The Balaban J connectivity index is 1.75. The molecule has 0 atom stereocenters. The monoisotopic (exact) mass is 273 g/mol. The molecule has 0 bridgehead atoms. The molecule has 2 aromatic rings. The van der Waals surface area contributed by atoms with Crippen LogP contribution in [0.15, 0.2) is 47.0 Å². The second-order valence-electron chi connectivity index (χ2n) is 3.98. The van der Waals surface area contributed by atoms with Crippen LogP contribution in [0, 0.1) is 0 Å². The summed E-state index contributed by atoms with van der Waals surface area (Å²) in [6.07, 6.45) is 3.87. The number of amides is 1. The standard InChI is InChI=1S/C14H15N3O3/c15-16-14(18)13-9-12(20-17-13)10-19-8-4-7-11-5-2-1-3-6-11/h1-7,9H,8,10,15H2,(H,16,18). The van der Waals surface area contributed by atoms with E-state index in [4.69, 9.17) is 15.1 Å². The molecule has 3 N–H and O–H groups in total. The van der Waals surface area contributed by atoms with Gasteiger partial charge in [-0.2, -0.15) is 0 Å². The van der Waals surface area contributed by atoms with Crippen molar-refractivity contribution >= 4 is 12.0 Å². The van der Waals surface area contributed by atoms with Crippen LogP contribution in [0.2, 0.25) is 0 Å². The average molecular weight is 273 g/mol. The molecule has 0 saturated carbocycles. The number of hydrogen-bond donors (Lipinski definition) is 2. The summed E-state index contributed by atoms with van der Waals surface area (Å²) in [5, 5.41) is 3.57. The maximum absolute atomic E-state index is 11.1. The molecule has 0 spiro atoms. The molecule has 104 valence electrons. The topological polar surface area (TPSA) is 90.4 Å². The van der Waals surface area contributed by atoms with Crippen molar-refractivity contribution in [3.05, 3.63) is 59.5 Å². The van der Waals surface area contributed by atoms with E-state index in [1.165, 1.54) is 6.07 Å². The molecule has 6 heteroatoms. The Morgan fingerprint density at radius 2 is 2.20 bits per heavy atom. The first kappa shape index (κ1) is 14.0. The van der Waals surface area contributed by atoms with E-state index in [1.807, 2.05) is 47.9 Å². The summed E-state index contributed by atoms with van der Waals surface area (Å²) in [5.74, 6) is 4.96. The largest absolute Gasteiger partial charge is 0.369 e. The van der Waals surface area contributed by atoms with Gasteiger partial charge in [0.25, 0.3) is 5.91 Å². The van der Waals surface area contributed by atoms with E-state index in [0.29, 0.717) is 12.4 Å². The molecule has 0 fully saturated rings. The van der Waals surface area contributed by atoms with E-state index >= 15 is 0 Å². The Bertz CT molecular complexity index is 578. The SMILES string of the molecule is NNC(=O)c1cc(COCC=Cc2ccccc2)on1. The third kappa shape index (κ3) is 4.04. The number of nitrogens with two attached hydrogens (primary N) is 1. The van der Waals surface area contributed by atoms with Gasteiger partial charge in [-0.3, -0.25) is 10.2 Å². The van der Waals surface area contributed by atoms with Gasteiger partial charge in [-0.15, -0.1) is 0 Å². The average Bonchev–Trinajstić information content (AvgIpc) is 2.96. The fourth-order valence-corrected chi connectivity index (χ4v) is 1.54. The third-order valence-electron chi connectivity index (χ3n) is 2.49. The zero-order valence-corrected chi connectivity index (χ0v) is 10.8. The van der Waals surface area contributed by atoms with Crippen molar-refractivity contribution in [1.82, 2.24) is 10.6 Å². The van der Waals surface area contributed by atoms with Crippen molar-refractivity contribution in [3.63, 3.8) is 0 Å². The zero-order chi connectivity index (χ0) is 14.2. The molecule has 0 unspecified atom stereocenters. The molecule has 0 saturated heterocycles. The summed E-state index contributed by atoms with van der Waals surface area (Å²) in [5.41, 5.74) is 3.22. The minimum atomic E-state index is -0.496. The van der Waals surface area contributed by atoms with Gasteiger partial charge in [0.15, 0.2) is 11.5 Å². The maximum atomic E-state index is 11.1. The maximum Gasteiger partial charge on any atom is 0.287 e. The van der Waals surface area contributed by atoms with Crippen LogP contribution in [-0.4, -0.2) is 17.7 Å². The lowest BCUT2D eigenvalue weighted by Gasteiger charge is -1.96. The lowest BCUT2D eigenvalue weighted by atomic mass is 10.2. The highest BCUT2D eigenvalue weighted by atomic mass is 16.5. The fourth-order valence-electron chi connectivity index (χ4n) is 1.54. The normalized spacial score (nSPS) is 10.8. The minimum Gasteiger partial charge on any atom is -0.369 e. The van der Waals surface area contributed by atoms with Gasteiger partial charge in [0.1, 0.15) is 6.61 Å². The smallest absolute Gasteiger partial charge is 0.287 e. The number of carbonyl (C=O) groups excluding carboxylic acids is 1. The molecule has 1 amide bonds. The lowest BCUT2D eigenvalue weighted by molar-refractivity contribution is 0.0943. The van der Waals surface area contributed by atoms with Gasteiger partial charge in [-0.25, -0.2) is 5.84 Å². The molecule has 6 nitrogen and oxygen atoms in total. The second kappa shape index (κ2) is 7.22. The van der Waals surface area contributed by atoms with Crippen LogP contribution in [0.25, 0.3) is 6.08 Å². The highest BCUT2D eigenvalue weighted by Gasteiger charge is 2.10. The summed E-state index contributed by atoms with van der Waals surface area (Å²) in [6.45, 7) is 0.679. The van der Waals surface area contributed by atoms with Crippen molar-refractivity contribution in [1.29, 1.82) is 0 Å². The Labute approximate surface area is 116 Å². The number of hydrazine groups is 1. The molecule has 1 aromatic carbocycles. The van der Waals surface area contributed by atoms with Gasteiger partial charge < -0.3 is 9.26 Å². The number of nitrogen functional groups attached to an aromatic ring is 1. The van der Waals surface area contributed by atoms with Gasteiger partial charge in [0.2, 0.25) is 0 Å². The number of rotatable bonds is 6. The second-order valence-corrected chi connectivity index (χ2v) is 3.98. The van der Waals surface area contributed by atoms with Crippen LogP contribution < -0.4 is 11.3 Å². The van der Waals surface area contributed by atoms with E-state index in [0.717, 1.165) is 5.56 Å². The molecule has 1 aromatic heterocycles. The number of nitrogens with one attached hydrogen (secondary N) is 1. The Morgan fingerprint density at radius 3 is 2.95 bits per heavy atom. The molecular formula is C14H15N3O3.